The van der Waals surface area contributed by atoms with E-state index < -0.39 is 0 Å². The number of aromatic nitrogens is 1. The zero-order valence-corrected chi connectivity index (χ0v) is 12.3. The van der Waals surface area contributed by atoms with Gasteiger partial charge in [0.2, 0.25) is 0 Å². The fourth-order valence-electron chi connectivity index (χ4n) is 2.11. The molecular formula is C17H14ClN3. The molecule has 2 aromatic carbocycles. The molecule has 0 aliphatic carbocycles. The highest BCUT2D eigenvalue weighted by atomic mass is 35.5. The van der Waals surface area contributed by atoms with Crippen molar-refractivity contribution >= 4 is 33.9 Å². The molecule has 1 N–H and O–H groups in total. The van der Waals surface area contributed by atoms with Crippen LogP contribution in [0.1, 0.15) is 12.5 Å². The minimum atomic E-state index is 0.677. The van der Waals surface area contributed by atoms with Crippen molar-refractivity contribution < 1.29 is 0 Å². The van der Waals surface area contributed by atoms with E-state index in [2.05, 4.69) is 15.5 Å². The van der Waals surface area contributed by atoms with Gasteiger partial charge in [0.25, 0.3) is 0 Å². The predicted molar refractivity (Wildman–Crippen MR) is 89.0 cm³/mol. The van der Waals surface area contributed by atoms with Crippen LogP contribution in [0.3, 0.4) is 0 Å². The molecule has 4 heteroatoms. The lowest BCUT2D eigenvalue weighted by atomic mass is 10.1. The lowest BCUT2D eigenvalue weighted by Crippen LogP contribution is -2.00. The summed E-state index contributed by atoms with van der Waals surface area (Å²) in [6.45, 7) is 1.97. The number of fused-ring (bicyclic) bond motifs is 1. The molecule has 21 heavy (non-hydrogen) atoms. The predicted octanol–water partition coefficient (Wildman–Crippen LogP) is 4.72. The van der Waals surface area contributed by atoms with E-state index >= 15 is 0 Å². The molecule has 0 saturated carbocycles. The third-order valence-electron chi connectivity index (χ3n) is 3.24. The van der Waals surface area contributed by atoms with Gasteiger partial charge < -0.3 is 0 Å². The van der Waals surface area contributed by atoms with Crippen molar-refractivity contribution in [2.24, 2.45) is 5.10 Å². The van der Waals surface area contributed by atoms with Crippen molar-refractivity contribution in [3.05, 3.63) is 71.4 Å². The van der Waals surface area contributed by atoms with Crippen LogP contribution in [0.2, 0.25) is 5.02 Å². The molecular weight excluding hydrogens is 282 g/mol. The number of halogens is 1. The maximum absolute atomic E-state index is 5.99. The molecule has 0 radical (unpaired) electrons. The molecule has 0 atom stereocenters. The number of pyridine rings is 1. The molecule has 0 saturated heterocycles. The second-order valence-electron chi connectivity index (χ2n) is 4.70. The smallest absolute Gasteiger partial charge is 0.0738 e. The highest BCUT2D eigenvalue weighted by Gasteiger charge is 2.02. The van der Waals surface area contributed by atoms with Crippen LogP contribution in [-0.2, 0) is 0 Å². The number of hydrogen-bond donors (Lipinski definition) is 1. The van der Waals surface area contributed by atoms with Crippen LogP contribution in [0.5, 0.6) is 0 Å². The molecule has 1 heterocycles. The molecule has 0 fully saturated rings. The lowest BCUT2D eigenvalue weighted by Gasteiger charge is -2.07. The molecule has 3 aromatic rings. The van der Waals surface area contributed by atoms with E-state index in [-0.39, 0.29) is 0 Å². The van der Waals surface area contributed by atoms with Gasteiger partial charge in [0.05, 0.1) is 16.9 Å². The van der Waals surface area contributed by atoms with Crippen molar-refractivity contribution in [2.45, 2.75) is 6.92 Å². The molecule has 0 bridgehead atoms. The number of rotatable bonds is 3. The van der Waals surface area contributed by atoms with E-state index in [0.717, 1.165) is 27.9 Å². The van der Waals surface area contributed by atoms with Gasteiger partial charge in [-0.25, -0.2) is 0 Å². The summed E-state index contributed by atoms with van der Waals surface area (Å²) in [6.07, 6.45) is 1.74. The summed E-state index contributed by atoms with van der Waals surface area (Å²) in [6, 6.07) is 17.6. The number of benzene rings is 2. The summed E-state index contributed by atoms with van der Waals surface area (Å²) < 4.78 is 0. The Kier molecular flexibility index (Phi) is 3.84. The highest BCUT2D eigenvalue weighted by Crippen LogP contribution is 2.24. The Balaban J connectivity index is 1.92. The maximum atomic E-state index is 5.99. The highest BCUT2D eigenvalue weighted by molar-refractivity contribution is 6.31. The minimum Gasteiger partial charge on any atom is -0.277 e. The van der Waals surface area contributed by atoms with Crippen molar-refractivity contribution in [2.75, 3.05) is 5.43 Å². The second-order valence-corrected chi connectivity index (χ2v) is 5.13. The normalized spacial score (nSPS) is 11.6. The summed E-state index contributed by atoms with van der Waals surface area (Å²) in [5.41, 5.74) is 6.88. The molecule has 1 aromatic heterocycles. The zero-order valence-electron chi connectivity index (χ0n) is 11.5. The van der Waals surface area contributed by atoms with Gasteiger partial charge in [0.1, 0.15) is 0 Å². The fourth-order valence-corrected chi connectivity index (χ4v) is 2.27. The van der Waals surface area contributed by atoms with Crippen molar-refractivity contribution in [1.29, 1.82) is 0 Å². The van der Waals surface area contributed by atoms with Crippen molar-refractivity contribution in [3.63, 3.8) is 0 Å². The zero-order chi connectivity index (χ0) is 14.7. The van der Waals surface area contributed by atoms with E-state index in [1.165, 1.54) is 0 Å². The van der Waals surface area contributed by atoms with Gasteiger partial charge in [-0.2, -0.15) is 5.10 Å². The van der Waals surface area contributed by atoms with Crippen LogP contribution in [0.25, 0.3) is 10.9 Å². The van der Waals surface area contributed by atoms with Crippen molar-refractivity contribution in [3.8, 4) is 0 Å². The first-order chi connectivity index (χ1) is 10.2. The van der Waals surface area contributed by atoms with Crippen molar-refractivity contribution in [1.82, 2.24) is 4.98 Å². The monoisotopic (exact) mass is 295 g/mol. The summed E-state index contributed by atoms with van der Waals surface area (Å²) >= 11 is 5.99. The first kappa shape index (κ1) is 13.6. The quantitative estimate of drug-likeness (QED) is 0.560. The first-order valence-electron chi connectivity index (χ1n) is 6.64. The van der Waals surface area contributed by atoms with Crippen LogP contribution in [0.15, 0.2) is 65.9 Å². The van der Waals surface area contributed by atoms with Gasteiger partial charge in [0, 0.05) is 16.6 Å². The lowest BCUT2D eigenvalue weighted by molar-refractivity contribution is 1.31. The SMILES string of the molecule is C/C(=N\Nc1ccnc2cc(Cl)ccc12)c1ccccc1. The Bertz CT molecular complexity index is 797. The van der Waals surface area contributed by atoms with Crippen LogP contribution in [0.4, 0.5) is 5.69 Å². The molecule has 0 unspecified atom stereocenters. The summed E-state index contributed by atoms with van der Waals surface area (Å²) in [5, 5.41) is 6.11. The number of hydrazone groups is 1. The van der Waals surface area contributed by atoms with E-state index in [1.54, 1.807) is 6.20 Å². The maximum Gasteiger partial charge on any atom is 0.0738 e. The largest absolute Gasteiger partial charge is 0.277 e. The number of nitrogens with one attached hydrogen (secondary N) is 1. The molecule has 0 aliphatic heterocycles. The molecule has 3 nitrogen and oxygen atoms in total. The Morgan fingerprint density at radius 1 is 1.10 bits per heavy atom. The summed E-state index contributed by atoms with van der Waals surface area (Å²) in [5.74, 6) is 0. The number of hydrogen-bond acceptors (Lipinski definition) is 3. The molecule has 3 rings (SSSR count). The van der Waals surface area contributed by atoms with Gasteiger partial charge in [-0.15, -0.1) is 0 Å². The average molecular weight is 296 g/mol. The van der Waals surface area contributed by atoms with Gasteiger partial charge in [-0.3, -0.25) is 10.4 Å². The molecule has 0 spiro atoms. The van der Waals surface area contributed by atoms with Gasteiger partial charge in [0.15, 0.2) is 0 Å². The van der Waals surface area contributed by atoms with Crippen LogP contribution in [0, 0.1) is 0 Å². The topological polar surface area (TPSA) is 37.3 Å². The standard InChI is InChI=1S/C17H14ClN3/c1-12(13-5-3-2-4-6-13)20-21-16-9-10-19-17-11-14(18)7-8-15(16)17/h2-11H,1H3,(H,19,21)/b20-12+. The van der Waals surface area contributed by atoms with E-state index in [9.17, 15) is 0 Å². The molecule has 104 valence electrons. The first-order valence-corrected chi connectivity index (χ1v) is 7.02. The van der Waals surface area contributed by atoms with E-state index in [4.69, 9.17) is 11.6 Å². The number of anilines is 1. The summed E-state index contributed by atoms with van der Waals surface area (Å²) in [7, 11) is 0. The minimum absolute atomic E-state index is 0.677. The molecule has 0 aliphatic rings. The second kappa shape index (κ2) is 5.94. The Morgan fingerprint density at radius 3 is 2.71 bits per heavy atom. The van der Waals surface area contributed by atoms with Crippen LogP contribution < -0.4 is 5.43 Å². The van der Waals surface area contributed by atoms with Crippen LogP contribution in [-0.4, -0.2) is 10.7 Å². The number of nitrogens with zero attached hydrogens (tertiary/aromatic N) is 2. The fraction of sp³-hybridized carbons (Fsp3) is 0.0588. The third kappa shape index (κ3) is 3.03. The third-order valence-corrected chi connectivity index (χ3v) is 3.48. The van der Waals surface area contributed by atoms with Gasteiger partial charge in [-0.05, 0) is 36.8 Å². The van der Waals surface area contributed by atoms with E-state index in [0.29, 0.717) is 5.02 Å². The molecule has 0 amide bonds. The summed E-state index contributed by atoms with van der Waals surface area (Å²) in [4.78, 5) is 4.32. The van der Waals surface area contributed by atoms with Gasteiger partial charge >= 0.3 is 0 Å². The van der Waals surface area contributed by atoms with Crippen LogP contribution >= 0.6 is 11.6 Å². The Morgan fingerprint density at radius 2 is 1.90 bits per heavy atom. The van der Waals surface area contributed by atoms with E-state index in [1.807, 2.05) is 61.5 Å². The Labute approximate surface area is 128 Å². The Hall–Kier alpha value is -2.39. The average Bonchev–Trinajstić information content (AvgIpc) is 2.53. The van der Waals surface area contributed by atoms with Gasteiger partial charge in [-0.1, -0.05) is 41.9 Å².